The minimum Gasteiger partial charge on any atom is -0.481 e. The Labute approximate surface area is 88.9 Å². The highest BCUT2D eigenvalue weighted by molar-refractivity contribution is 5.93. The third-order valence-electron chi connectivity index (χ3n) is 2.63. The van der Waals surface area contributed by atoms with Crippen LogP contribution in [0.2, 0.25) is 0 Å². The molecule has 15 heavy (non-hydrogen) atoms. The van der Waals surface area contributed by atoms with Gasteiger partial charge in [-0.15, -0.1) is 0 Å². The largest absolute Gasteiger partial charge is 0.481 e. The van der Waals surface area contributed by atoms with Crippen LogP contribution in [0, 0.1) is 5.92 Å². The number of rotatable bonds is 4. The van der Waals surface area contributed by atoms with E-state index in [1.165, 1.54) is 7.11 Å². The molecule has 0 aromatic heterocycles. The Bertz CT molecular complexity index is 274. The molecule has 0 saturated heterocycles. The molecule has 1 aliphatic rings. The lowest BCUT2D eigenvalue weighted by atomic mass is 10.0. The number of carboxylic acid groups (broad SMARTS) is 1. The highest BCUT2D eigenvalue weighted by Gasteiger charge is 2.18. The predicted molar refractivity (Wildman–Crippen MR) is 54.3 cm³/mol. The van der Waals surface area contributed by atoms with E-state index in [4.69, 9.17) is 5.11 Å². The minimum atomic E-state index is -0.996. The Morgan fingerprint density at radius 3 is 2.47 bits per heavy atom. The molecule has 0 aromatic rings. The molecular weight excluding hydrogens is 196 g/mol. The first kappa shape index (κ1) is 11.8. The molecule has 0 radical (unpaired) electrons. The van der Waals surface area contributed by atoms with E-state index in [1.54, 1.807) is 6.08 Å². The average Bonchev–Trinajstić information content (AvgIpc) is 2.67. The highest BCUT2D eigenvalue weighted by Crippen LogP contribution is 2.27. The van der Waals surface area contributed by atoms with Crippen molar-refractivity contribution in [2.75, 3.05) is 7.11 Å². The van der Waals surface area contributed by atoms with E-state index < -0.39 is 11.9 Å². The zero-order chi connectivity index (χ0) is 11.3. The molecule has 0 aliphatic heterocycles. The van der Waals surface area contributed by atoms with Crippen molar-refractivity contribution in [1.29, 1.82) is 0 Å². The Balaban J connectivity index is 2.69. The van der Waals surface area contributed by atoms with Gasteiger partial charge in [-0.05, 0) is 18.8 Å². The zero-order valence-corrected chi connectivity index (χ0v) is 8.86. The van der Waals surface area contributed by atoms with E-state index in [0.29, 0.717) is 5.92 Å². The summed E-state index contributed by atoms with van der Waals surface area (Å²) < 4.78 is 4.55. The van der Waals surface area contributed by atoms with Crippen molar-refractivity contribution in [3.8, 4) is 0 Å². The lowest BCUT2D eigenvalue weighted by Crippen LogP contribution is -2.10. The fourth-order valence-corrected chi connectivity index (χ4v) is 1.90. The summed E-state index contributed by atoms with van der Waals surface area (Å²) in [7, 11) is 1.27. The van der Waals surface area contributed by atoms with Crippen LogP contribution in [0.4, 0.5) is 0 Å². The maximum atomic E-state index is 11.3. The second kappa shape index (κ2) is 5.53. The van der Waals surface area contributed by atoms with Crippen molar-refractivity contribution in [3.05, 3.63) is 11.6 Å². The van der Waals surface area contributed by atoms with Crippen LogP contribution in [0.1, 0.15) is 32.1 Å². The van der Waals surface area contributed by atoms with Crippen molar-refractivity contribution in [1.82, 2.24) is 0 Å². The van der Waals surface area contributed by atoms with Gasteiger partial charge in [0.25, 0.3) is 0 Å². The standard InChI is InChI=1S/C11H16O4/c1-15-11(14)9(7-10(12)13)6-8-4-2-3-5-8/h6,8H,2-5,7H2,1H3,(H,12,13). The molecule has 1 saturated carbocycles. The van der Waals surface area contributed by atoms with Crippen LogP contribution in [0.25, 0.3) is 0 Å². The Hall–Kier alpha value is -1.32. The van der Waals surface area contributed by atoms with Crippen molar-refractivity contribution >= 4 is 11.9 Å². The number of methoxy groups -OCH3 is 1. The fourth-order valence-electron chi connectivity index (χ4n) is 1.90. The summed E-state index contributed by atoms with van der Waals surface area (Å²) in [6.45, 7) is 0. The van der Waals surface area contributed by atoms with Crippen molar-refractivity contribution in [3.63, 3.8) is 0 Å². The molecule has 1 rings (SSSR count). The first-order valence-corrected chi connectivity index (χ1v) is 5.14. The van der Waals surface area contributed by atoms with Gasteiger partial charge in [0.05, 0.1) is 13.5 Å². The Kier molecular flexibility index (Phi) is 4.34. The summed E-state index contributed by atoms with van der Waals surface area (Å²) in [4.78, 5) is 21.8. The summed E-state index contributed by atoms with van der Waals surface area (Å²) in [5.74, 6) is -1.17. The summed E-state index contributed by atoms with van der Waals surface area (Å²) >= 11 is 0. The van der Waals surface area contributed by atoms with Crippen LogP contribution >= 0.6 is 0 Å². The fraction of sp³-hybridized carbons (Fsp3) is 0.636. The molecule has 0 spiro atoms. The number of esters is 1. The maximum absolute atomic E-state index is 11.3. The van der Waals surface area contributed by atoms with Gasteiger partial charge < -0.3 is 9.84 Å². The lowest BCUT2D eigenvalue weighted by molar-refractivity contribution is -0.141. The third-order valence-corrected chi connectivity index (χ3v) is 2.63. The summed E-state index contributed by atoms with van der Waals surface area (Å²) in [5, 5.41) is 8.65. The average molecular weight is 212 g/mol. The number of allylic oxidation sites excluding steroid dienone is 1. The molecule has 4 heteroatoms. The molecule has 0 atom stereocenters. The van der Waals surface area contributed by atoms with Crippen LogP contribution < -0.4 is 0 Å². The summed E-state index contributed by atoms with van der Waals surface area (Å²) in [5.41, 5.74) is 0.275. The molecule has 1 aliphatic carbocycles. The van der Waals surface area contributed by atoms with Gasteiger partial charge in [0, 0.05) is 5.57 Å². The van der Waals surface area contributed by atoms with E-state index in [1.807, 2.05) is 0 Å². The molecular formula is C11H16O4. The number of hydrogen-bond acceptors (Lipinski definition) is 3. The topological polar surface area (TPSA) is 63.6 Å². The number of carbonyl (C=O) groups excluding carboxylic acids is 1. The first-order chi connectivity index (χ1) is 7.13. The molecule has 0 aromatic carbocycles. The highest BCUT2D eigenvalue weighted by atomic mass is 16.5. The van der Waals surface area contributed by atoms with Gasteiger partial charge in [-0.2, -0.15) is 0 Å². The van der Waals surface area contributed by atoms with Crippen LogP contribution in [-0.4, -0.2) is 24.2 Å². The van der Waals surface area contributed by atoms with E-state index in [9.17, 15) is 9.59 Å². The molecule has 0 unspecified atom stereocenters. The van der Waals surface area contributed by atoms with Gasteiger partial charge in [-0.3, -0.25) is 4.79 Å². The van der Waals surface area contributed by atoms with Crippen molar-refractivity contribution < 1.29 is 19.4 Å². The maximum Gasteiger partial charge on any atom is 0.334 e. The van der Waals surface area contributed by atoms with Gasteiger partial charge >= 0.3 is 11.9 Å². The predicted octanol–water partition coefficient (Wildman–Crippen LogP) is 1.75. The zero-order valence-electron chi connectivity index (χ0n) is 8.86. The van der Waals surface area contributed by atoms with E-state index in [2.05, 4.69) is 4.74 Å². The van der Waals surface area contributed by atoms with Crippen LogP contribution in [0.3, 0.4) is 0 Å². The minimum absolute atomic E-state index is 0.247. The van der Waals surface area contributed by atoms with Crippen LogP contribution in [0.5, 0.6) is 0 Å². The SMILES string of the molecule is COC(=O)C(=CC1CCCC1)CC(=O)O. The Morgan fingerprint density at radius 2 is 2.00 bits per heavy atom. The van der Waals surface area contributed by atoms with Crippen LogP contribution in [-0.2, 0) is 14.3 Å². The summed E-state index contributed by atoms with van der Waals surface area (Å²) in [6.07, 6.45) is 5.92. The number of aliphatic carboxylic acids is 1. The quantitative estimate of drug-likeness (QED) is 0.569. The van der Waals surface area contributed by atoms with Crippen molar-refractivity contribution in [2.45, 2.75) is 32.1 Å². The molecule has 1 fully saturated rings. The lowest BCUT2D eigenvalue weighted by Gasteiger charge is -2.06. The number of hydrogen-bond donors (Lipinski definition) is 1. The smallest absolute Gasteiger partial charge is 0.334 e. The molecule has 0 bridgehead atoms. The summed E-state index contributed by atoms with van der Waals surface area (Å²) in [6, 6.07) is 0. The van der Waals surface area contributed by atoms with Gasteiger partial charge in [0.1, 0.15) is 0 Å². The molecule has 0 amide bonds. The second-order valence-corrected chi connectivity index (χ2v) is 3.80. The number of ether oxygens (including phenoxy) is 1. The van der Waals surface area contributed by atoms with Gasteiger partial charge in [-0.1, -0.05) is 18.9 Å². The Morgan fingerprint density at radius 1 is 1.40 bits per heavy atom. The van der Waals surface area contributed by atoms with Crippen LogP contribution in [0.15, 0.2) is 11.6 Å². The normalized spacial score (nSPS) is 17.8. The number of carboxylic acids is 1. The van der Waals surface area contributed by atoms with Crippen molar-refractivity contribution in [2.24, 2.45) is 5.92 Å². The molecule has 84 valence electrons. The first-order valence-electron chi connectivity index (χ1n) is 5.14. The molecule has 0 heterocycles. The second-order valence-electron chi connectivity index (χ2n) is 3.80. The van der Waals surface area contributed by atoms with Gasteiger partial charge in [-0.25, -0.2) is 4.79 Å². The third kappa shape index (κ3) is 3.73. The van der Waals surface area contributed by atoms with Gasteiger partial charge in [0.2, 0.25) is 0 Å². The molecule has 1 N–H and O–H groups in total. The number of carbonyl (C=O) groups is 2. The molecule has 4 nitrogen and oxygen atoms in total. The monoisotopic (exact) mass is 212 g/mol. The van der Waals surface area contributed by atoms with E-state index >= 15 is 0 Å². The van der Waals surface area contributed by atoms with E-state index in [0.717, 1.165) is 25.7 Å². The van der Waals surface area contributed by atoms with E-state index in [-0.39, 0.29) is 12.0 Å². The van der Waals surface area contributed by atoms with Gasteiger partial charge in [0.15, 0.2) is 0 Å².